The van der Waals surface area contributed by atoms with Crippen LogP contribution in [0.5, 0.6) is 5.88 Å². The first kappa shape index (κ1) is 14.6. The summed E-state index contributed by atoms with van der Waals surface area (Å²) in [5, 5.41) is 0. The predicted molar refractivity (Wildman–Crippen MR) is 82.1 cm³/mol. The molecule has 0 aliphatic carbocycles. The minimum Gasteiger partial charge on any atom is -0.472 e. The minimum absolute atomic E-state index is 0.00698. The van der Waals surface area contributed by atoms with E-state index in [1.165, 1.54) is 0 Å². The number of aryl methyl sites for hydroxylation is 3. The highest BCUT2D eigenvalue weighted by Gasteiger charge is 2.30. The SMILES string of the molecule is Cc1ccc(O[C@@H]2CCN(C(=O)c3cc(C)oc3C)C2)nc1. The molecule has 0 saturated carbocycles. The van der Waals surface area contributed by atoms with Gasteiger partial charge < -0.3 is 14.1 Å². The van der Waals surface area contributed by atoms with Crippen LogP contribution in [-0.2, 0) is 0 Å². The summed E-state index contributed by atoms with van der Waals surface area (Å²) in [5.74, 6) is 2.06. The van der Waals surface area contributed by atoms with E-state index >= 15 is 0 Å². The minimum atomic E-state index is -0.00698. The molecule has 0 aromatic carbocycles. The molecule has 1 atom stereocenters. The zero-order valence-corrected chi connectivity index (χ0v) is 13.1. The Kier molecular flexibility index (Phi) is 3.88. The number of carbonyl (C=O) groups is 1. The molecule has 3 rings (SSSR count). The number of furan rings is 1. The van der Waals surface area contributed by atoms with Crippen molar-refractivity contribution >= 4 is 5.91 Å². The van der Waals surface area contributed by atoms with Crippen LogP contribution in [0.1, 0.15) is 33.9 Å². The van der Waals surface area contributed by atoms with E-state index in [1.807, 2.05) is 37.8 Å². The summed E-state index contributed by atoms with van der Waals surface area (Å²) in [7, 11) is 0. The van der Waals surface area contributed by atoms with Gasteiger partial charge in [0.1, 0.15) is 17.6 Å². The lowest BCUT2D eigenvalue weighted by Crippen LogP contribution is -2.31. The van der Waals surface area contributed by atoms with Crippen molar-refractivity contribution in [2.24, 2.45) is 0 Å². The average Bonchev–Trinajstić information content (AvgIpc) is 3.07. The molecule has 0 N–H and O–H groups in total. The van der Waals surface area contributed by atoms with Crippen LogP contribution in [0.25, 0.3) is 0 Å². The van der Waals surface area contributed by atoms with Crippen molar-refractivity contribution in [3.05, 3.63) is 47.0 Å². The van der Waals surface area contributed by atoms with Crippen molar-refractivity contribution in [2.45, 2.75) is 33.3 Å². The number of amides is 1. The fourth-order valence-corrected chi connectivity index (χ4v) is 2.72. The molecule has 5 nitrogen and oxygen atoms in total. The standard InChI is InChI=1S/C17H20N2O3/c1-11-4-5-16(18-9-11)22-14-6-7-19(10-14)17(20)15-8-12(2)21-13(15)3/h4-5,8-9,14H,6-7,10H2,1-3H3/t14-/m1/s1. The molecule has 3 heterocycles. The number of likely N-dealkylation sites (tertiary alicyclic amines) is 1. The molecule has 5 heteroatoms. The lowest BCUT2D eigenvalue weighted by Gasteiger charge is -2.16. The zero-order chi connectivity index (χ0) is 15.7. The Morgan fingerprint density at radius 1 is 1.36 bits per heavy atom. The third kappa shape index (κ3) is 2.98. The van der Waals surface area contributed by atoms with E-state index in [1.54, 1.807) is 12.3 Å². The molecule has 1 aliphatic heterocycles. The van der Waals surface area contributed by atoms with E-state index < -0.39 is 0 Å². The van der Waals surface area contributed by atoms with Crippen molar-refractivity contribution < 1.29 is 13.9 Å². The summed E-state index contributed by atoms with van der Waals surface area (Å²) in [6.07, 6.45) is 2.59. The smallest absolute Gasteiger partial charge is 0.257 e. The van der Waals surface area contributed by atoms with Gasteiger partial charge in [-0.3, -0.25) is 4.79 Å². The van der Waals surface area contributed by atoms with Gasteiger partial charge in [-0.15, -0.1) is 0 Å². The molecule has 1 amide bonds. The average molecular weight is 300 g/mol. The van der Waals surface area contributed by atoms with Gasteiger partial charge in [0.25, 0.3) is 5.91 Å². The van der Waals surface area contributed by atoms with E-state index in [-0.39, 0.29) is 12.0 Å². The predicted octanol–water partition coefficient (Wildman–Crippen LogP) is 2.89. The molecule has 2 aromatic heterocycles. The first-order valence-electron chi connectivity index (χ1n) is 7.48. The summed E-state index contributed by atoms with van der Waals surface area (Å²) in [6.45, 7) is 6.93. The van der Waals surface area contributed by atoms with Crippen LogP contribution in [0, 0.1) is 20.8 Å². The van der Waals surface area contributed by atoms with Gasteiger partial charge in [0.15, 0.2) is 0 Å². The first-order valence-corrected chi connectivity index (χ1v) is 7.48. The van der Waals surface area contributed by atoms with Crippen LogP contribution in [0.2, 0.25) is 0 Å². The molecule has 116 valence electrons. The molecular formula is C17H20N2O3. The molecule has 1 fully saturated rings. The third-order valence-electron chi connectivity index (χ3n) is 3.88. The van der Waals surface area contributed by atoms with E-state index in [0.717, 1.165) is 17.7 Å². The van der Waals surface area contributed by atoms with Crippen LogP contribution in [0.15, 0.2) is 28.8 Å². The normalized spacial score (nSPS) is 17.8. The monoisotopic (exact) mass is 300 g/mol. The highest BCUT2D eigenvalue weighted by atomic mass is 16.5. The second kappa shape index (κ2) is 5.83. The van der Waals surface area contributed by atoms with E-state index in [0.29, 0.717) is 30.3 Å². The van der Waals surface area contributed by atoms with E-state index in [4.69, 9.17) is 9.15 Å². The van der Waals surface area contributed by atoms with Gasteiger partial charge >= 0.3 is 0 Å². The number of hydrogen-bond acceptors (Lipinski definition) is 4. The molecule has 1 aliphatic rings. The molecule has 2 aromatic rings. The fraction of sp³-hybridized carbons (Fsp3) is 0.412. The Morgan fingerprint density at radius 3 is 2.82 bits per heavy atom. The van der Waals surface area contributed by atoms with Crippen LogP contribution < -0.4 is 4.74 Å². The van der Waals surface area contributed by atoms with Gasteiger partial charge in [-0.25, -0.2) is 4.98 Å². The molecule has 0 spiro atoms. The number of aromatic nitrogens is 1. The number of nitrogens with zero attached hydrogens (tertiary/aromatic N) is 2. The topological polar surface area (TPSA) is 55.6 Å². The molecular weight excluding hydrogens is 280 g/mol. The van der Waals surface area contributed by atoms with Crippen molar-refractivity contribution in [3.63, 3.8) is 0 Å². The maximum absolute atomic E-state index is 12.5. The van der Waals surface area contributed by atoms with Crippen LogP contribution in [0.4, 0.5) is 0 Å². The fourth-order valence-electron chi connectivity index (χ4n) is 2.72. The van der Waals surface area contributed by atoms with E-state index in [9.17, 15) is 4.79 Å². The van der Waals surface area contributed by atoms with Crippen LogP contribution >= 0.6 is 0 Å². The molecule has 22 heavy (non-hydrogen) atoms. The maximum atomic E-state index is 12.5. The maximum Gasteiger partial charge on any atom is 0.257 e. The van der Waals surface area contributed by atoms with Crippen molar-refractivity contribution in [1.29, 1.82) is 0 Å². The molecule has 0 radical (unpaired) electrons. The van der Waals surface area contributed by atoms with Crippen molar-refractivity contribution in [2.75, 3.05) is 13.1 Å². The summed E-state index contributed by atoms with van der Waals surface area (Å²) >= 11 is 0. The Morgan fingerprint density at radius 2 is 2.18 bits per heavy atom. The number of rotatable bonds is 3. The third-order valence-corrected chi connectivity index (χ3v) is 3.88. The Bertz CT molecular complexity index is 676. The van der Waals surface area contributed by atoms with Gasteiger partial charge in [-0.2, -0.15) is 0 Å². The number of hydrogen-bond donors (Lipinski definition) is 0. The highest BCUT2D eigenvalue weighted by molar-refractivity contribution is 5.95. The van der Waals surface area contributed by atoms with Crippen molar-refractivity contribution in [1.82, 2.24) is 9.88 Å². The summed E-state index contributed by atoms with van der Waals surface area (Å²) in [6, 6.07) is 5.63. The number of carbonyl (C=O) groups excluding carboxylic acids is 1. The first-order chi connectivity index (χ1) is 10.5. The summed E-state index contributed by atoms with van der Waals surface area (Å²) < 4.78 is 11.3. The largest absolute Gasteiger partial charge is 0.472 e. The number of ether oxygens (including phenoxy) is 1. The van der Waals surface area contributed by atoms with Crippen LogP contribution in [0.3, 0.4) is 0 Å². The van der Waals surface area contributed by atoms with Gasteiger partial charge in [0.2, 0.25) is 5.88 Å². The summed E-state index contributed by atoms with van der Waals surface area (Å²) in [4.78, 5) is 18.6. The lowest BCUT2D eigenvalue weighted by atomic mass is 10.2. The summed E-state index contributed by atoms with van der Waals surface area (Å²) in [5.41, 5.74) is 1.74. The lowest BCUT2D eigenvalue weighted by molar-refractivity contribution is 0.0769. The van der Waals surface area contributed by atoms with Crippen molar-refractivity contribution in [3.8, 4) is 5.88 Å². The van der Waals surface area contributed by atoms with Crippen LogP contribution in [-0.4, -0.2) is 35.0 Å². The van der Waals surface area contributed by atoms with E-state index in [2.05, 4.69) is 4.98 Å². The van der Waals surface area contributed by atoms with Gasteiger partial charge in [-0.05, 0) is 32.4 Å². The second-order valence-corrected chi connectivity index (χ2v) is 5.78. The Hall–Kier alpha value is -2.30. The van der Waals surface area contributed by atoms with Gasteiger partial charge in [-0.1, -0.05) is 6.07 Å². The molecule has 0 bridgehead atoms. The van der Waals surface area contributed by atoms with Gasteiger partial charge in [0.05, 0.1) is 12.1 Å². The quantitative estimate of drug-likeness (QED) is 0.874. The number of pyridine rings is 1. The Balaban J connectivity index is 1.63. The molecule has 0 unspecified atom stereocenters. The zero-order valence-electron chi connectivity index (χ0n) is 13.1. The highest BCUT2D eigenvalue weighted by Crippen LogP contribution is 2.21. The second-order valence-electron chi connectivity index (χ2n) is 5.78. The Labute approximate surface area is 129 Å². The molecule has 1 saturated heterocycles. The van der Waals surface area contributed by atoms with Gasteiger partial charge in [0, 0.05) is 25.2 Å².